The van der Waals surface area contributed by atoms with Crippen LogP contribution in [0.4, 0.5) is 0 Å². The van der Waals surface area contributed by atoms with E-state index in [4.69, 9.17) is 0 Å². The highest BCUT2D eigenvalue weighted by Gasteiger charge is 2.06. The van der Waals surface area contributed by atoms with Crippen molar-refractivity contribution in [3.63, 3.8) is 0 Å². The van der Waals surface area contributed by atoms with Crippen molar-refractivity contribution < 1.29 is 0 Å². The molecule has 0 aliphatic carbocycles. The van der Waals surface area contributed by atoms with E-state index in [9.17, 15) is 0 Å². The molecule has 20 heavy (non-hydrogen) atoms. The molecule has 1 aromatic carbocycles. The van der Waals surface area contributed by atoms with Crippen molar-refractivity contribution in [2.45, 2.75) is 20.0 Å². The van der Waals surface area contributed by atoms with Crippen molar-refractivity contribution in [2.24, 2.45) is 0 Å². The van der Waals surface area contributed by atoms with Crippen molar-refractivity contribution in [2.75, 3.05) is 7.05 Å². The zero-order valence-electron chi connectivity index (χ0n) is 11.9. The lowest BCUT2D eigenvalue weighted by atomic mass is 10.1. The minimum absolute atomic E-state index is 0.814. The van der Waals surface area contributed by atoms with Gasteiger partial charge < -0.3 is 9.88 Å². The molecule has 0 fully saturated rings. The lowest BCUT2D eigenvalue weighted by molar-refractivity contribution is 0.801. The third-order valence-electron chi connectivity index (χ3n) is 3.55. The minimum atomic E-state index is 0.814. The summed E-state index contributed by atoms with van der Waals surface area (Å²) in [4.78, 5) is 4.58. The lowest BCUT2D eigenvalue weighted by Gasteiger charge is -2.07. The van der Waals surface area contributed by atoms with E-state index in [2.05, 4.69) is 57.5 Å². The van der Waals surface area contributed by atoms with Crippen LogP contribution < -0.4 is 5.32 Å². The molecule has 3 heteroatoms. The third kappa shape index (κ3) is 2.45. The van der Waals surface area contributed by atoms with E-state index in [-0.39, 0.29) is 0 Å². The lowest BCUT2D eigenvalue weighted by Crippen LogP contribution is -2.05. The first-order valence-corrected chi connectivity index (χ1v) is 6.92. The van der Waals surface area contributed by atoms with E-state index in [1.807, 2.05) is 20.0 Å². The number of aromatic nitrogens is 2. The maximum atomic E-state index is 4.58. The van der Waals surface area contributed by atoms with Gasteiger partial charge in [0.05, 0.1) is 12.2 Å². The monoisotopic (exact) mass is 265 g/mol. The summed E-state index contributed by atoms with van der Waals surface area (Å²) in [6, 6.07) is 14.8. The quantitative estimate of drug-likeness (QED) is 0.785. The van der Waals surface area contributed by atoms with Crippen molar-refractivity contribution in [1.82, 2.24) is 14.9 Å². The Bertz CT molecular complexity index is 728. The standard InChI is InChI=1S/C17H19N3/c1-13-5-3-7-15(19-13)12-20-10-9-16-14(11-18-2)6-4-8-17(16)20/h3-10,18H,11-12H2,1-2H3. The number of fused-ring (bicyclic) bond motifs is 1. The number of hydrogen-bond acceptors (Lipinski definition) is 2. The molecule has 0 unspecified atom stereocenters. The van der Waals surface area contributed by atoms with Gasteiger partial charge in [0.25, 0.3) is 0 Å². The van der Waals surface area contributed by atoms with E-state index in [0.29, 0.717) is 0 Å². The van der Waals surface area contributed by atoms with Crippen molar-refractivity contribution in [3.05, 3.63) is 65.6 Å². The Morgan fingerprint density at radius 1 is 1.10 bits per heavy atom. The summed E-state index contributed by atoms with van der Waals surface area (Å²) in [6.45, 7) is 3.74. The first kappa shape index (κ1) is 12.9. The van der Waals surface area contributed by atoms with Crippen LogP contribution in [0.25, 0.3) is 10.9 Å². The van der Waals surface area contributed by atoms with Gasteiger partial charge in [-0.2, -0.15) is 0 Å². The molecule has 3 aromatic rings. The number of hydrogen-bond donors (Lipinski definition) is 1. The van der Waals surface area contributed by atoms with Crippen LogP contribution in [-0.2, 0) is 13.1 Å². The summed E-state index contributed by atoms with van der Waals surface area (Å²) >= 11 is 0. The molecule has 1 N–H and O–H groups in total. The minimum Gasteiger partial charge on any atom is -0.341 e. The van der Waals surface area contributed by atoms with Gasteiger partial charge in [-0.05, 0) is 43.8 Å². The largest absolute Gasteiger partial charge is 0.341 e. The predicted molar refractivity (Wildman–Crippen MR) is 82.8 cm³/mol. The Hall–Kier alpha value is -2.13. The Morgan fingerprint density at radius 2 is 1.95 bits per heavy atom. The molecular weight excluding hydrogens is 246 g/mol. The van der Waals surface area contributed by atoms with Gasteiger partial charge in [0.15, 0.2) is 0 Å². The van der Waals surface area contributed by atoms with Gasteiger partial charge in [-0.1, -0.05) is 18.2 Å². The van der Waals surface area contributed by atoms with Gasteiger partial charge in [-0.25, -0.2) is 0 Å². The Morgan fingerprint density at radius 3 is 2.75 bits per heavy atom. The predicted octanol–water partition coefficient (Wildman–Crippen LogP) is 3.11. The van der Waals surface area contributed by atoms with Gasteiger partial charge in [0.1, 0.15) is 0 Å². The fraction of sp³-hybridized carbons (Fsp3) is 0.235. The second-order valence-electron chi connectivity index (χ2n) is 5.09. The van der Waals surface area contributed by atoms with E-state index in [1.165, 1.54) is 16.5 Å². The summed E-state index contributed by atoms with van der Waals surface area (Å²) in [5.41, 5.74) is 4.76. The third-order valence-corrected chi connectivity index (χ3v) is 3.55. The van der Waals surface area contributed by atoms with E-state index < -0.39 is 0 Å². The molecule has 0 aliphatic heterocycles. The Labute approximate surface area is 119 Å². The molecule has 102 valence electrons. The van der Waals surface area contributed by atoms with Crippen LogP contribution in [0, 0.1) is 6.92 Å². The van der Waals surface area contributed by atoms with Crippen LogP contribution in [0.15, 0.2) is 48.7 Å². The molecule has 0 saturated heterocycles. The smallest absolute Gasteiger partial charge is 0.0648 e. The van der Waals surface area contributed by atoms with Gasteiger partial charge in [0, 0.05) is 29.3 Å². The molecule has 2 aromatic heterocycles. The summed E-state index contributed by atoms with van der Waals surface area (Å²) in [5, 5.41) is 4.54. The van der Waals surface area contributed by atoms with Gasteiger partial charge in [-0.15, -0.1) is 0 Å². The molecule has 0 amide bonds. The molecule has 0 bridgehead atoms. The number of benzene rings is 1. The SMILES string of the molecule is CNCc1cccc2c1ccn2Cc1cccc(C)n1. The summed E-state index contributed by atoms with van der Waals surface area (Å²) in [5.74, 6) is 0. The number of nitrogens with one attached hydrogen (secondary N) is 1. The average Bonchev–Trinajstić information content (AvgIpc) is 2.84. The molecule has 3 rings (SSSR count). The maximum Gasteiger partial charge on any atom is 0.0648 e. The van der Waals surface area contributed by atoms with Crippen LogP contribution in [0.5, 0.6) is 0 Å². The molecule has 0 radical (unpaired) electrons. The van der Waals surface area contributed by atoms with E-state index in [0.717, 1.165) is 24.5 Å². The van der Waals surface area contributed by atoms with Crippen molar-refractivity contribution in [3.8, 4) is 0 Å². The molecule has 3 nitrogen and oxygen atoms in total. The highest BCUT2D eigenvalue weighted by molar-refractivity contribution is 5.83. The second kappa shape index (κ2) is 5.47. The first-order valence-electron chi connectivity index (χ1n) is 6.92. The Kier molecular flexibility index (Phi) is 3.52. The molecule has 0 saturated carbocycles. The van der Waals surface area contributed by atoms with Gasteiger partial charge in [0.2, 0.25) is 0 Å². The van der Waals surface area contributed by atoms with Gasteiger partial charge in [-0.3, -0.25) is 4.98 Å². The normalized spacial score (nSPS) is 11.1. The zero-order valence-corrected chi connectivity index (χ0v) is 11.9. The van der Waals surface area contributed by atoms with Crippen LogP contribution in [0.2, 0.25) is 0 Å². The van der Waals surface area contributed by atoms with Crippen LogP contribution in [0.1, 0.15) is 17.0 Å². The number of aryl methyl sites for hydroxylation is 1. The highest BCUT2D eigenvalue weighted by Crippen LogP contribution is 2.21. The first-order chi connectivity index (χ1) is 9.78. The van der Waals surface area contributed by atoms with Crippen molar-refractivity contribution in [1.29, 1.82) is 0 Å². The average molecular weight is 265 g/mol. The van der Waals surface area contributed by atoms with E-state index in [1.54, 1.807) is 0 Å². The fourth-order valence-electron chi connectivity index (χ4n) is 2.63. The maximum absolute atomic E-state index is 4.58. The number of pyridine rings is 1. The second-order valence-corrected chi connectivity index (χ2v) is 5.09. The van der Waals surface area contributed by atoms with Crippen LogP contribution in [-0.4, -0.2) is 16.6 Å². The van der Waals surface area contributed by atoms with Crippen LogP contribution in [0.3, 0.4) is 0 Å². The summed E-state index contributed by atoms with van der Waals surface area (Å²) in [6.07, 6.45) is 2.15. The molecule has 0 spiro atoms. The fourth-order valence-corrected chi connectivity index (χ4v) is 2.63. The van der Waals surface area contributed by atoms with Crippen LogP contribution >= 0.6 is 0 Å². The number of nitrogens with zero attached hydrogens (tertiary/aromatic N) is 2. The molecule has 0 aliphatic rings. The van der Waals surface area contributed by atoms with E-state index >= 15 is 0 Å². The summed E-state index contributed by atoms with van der Waals surface area (Å²) < 4.78 is 2.26. The molecule has 2 heterocycles. The van der Waals surface area contributed by atoms with Gasteiger partial charge >= 0.3 is 0 Å². The molecule has 0 atom stereocenters. The Balaban J connectivity index is 1.98. The van der Waals surface area contributed by atoms with Crippen molar-refractivity contribution >= 4 is 10.9 Å². The highest BCUT2D eigenvalue weighted by atomic mass is 15.0. The topological polar surface area (TPSA) is 29.9 Å². The summed E-state index contributed by atoms with van der Waals surface area (Å²) in [7, 11) is 1.98. The molecular formula is C17H19N3. The zero-order chi connectivity index (χ0) is 13.9. The number of rotatable bonds is 4.